The fourth-order valence-corrected chi connectivity index (χ4v) is 3.52. The molecule has 1 aliphatic rings. The number of amides is 1. The van der Waals surface area contributed by atoms with E-state index in [1.807, 2.05) is 6.07 Å². The molecule has 0 aliphatic carbocycles. The minimum absolute atomic E-state index is 0.280. The number of nitrogens with zero attached hydrogens (tertiary/aromatic N) is 3. The molecule has 2 aromatic heterocycles. The highest BCUT2D eigenvalue weighted by molar-refractivity contribution is 5.95. The molecule has 4 atom stereocenters. The van der Waals surface area contributed by atoms with Crippen LogP contribution in [0.1, 0.15) is 18.7 Å². The Morgan fingerprint density at radius 3 is 2.93 bits per heavy atom. The predicted molar refractivity (Wildman–Crippen MR) is 105 cm³/mol. The number of nitrogens with one attached hydrogen (secondary N) is 1. The van der Waals surface area contributed by atoms with Gasteiger partial charge in [-0.15, -0.1) is 0 Å². The lowest BCUT2D eigenvalue weighted by Crippen LogP contribution is -2.49. The van der Waals surface area contributed by atoms with E-state index in [1.165, 1.54) is 17.8 Å². The second-order valence-corrected chi connectivity index (χ2v) is 7.19. The number of aliphatic hydroxyl groups is 2. The van der Waals surface area contributed by atoms with Gasteiger partial charge in [0.15, 0.2) is 12.3 Å². The van der Waals surface area contributed by atoms with Crippen LogP contribution in [0.4, 0.5) is 11.5 Å². The lowest BCUT2D eigenvalue weighted by atomic mass is 9.94. The van der Waals surface area contributed by atoms with Gasteiger partial charge < -0.3 is 36.3 Å². The van der Waals surface area contributed by atoms with E-state index < -0.39 is 29.9 Å². The zero-order valence-corrected chi connectivity index (χ0v) is 15.7. The number of ether oxygens (including phenoxy) is 1. The van der Waals surface area contributed by atoms with Crippen molar-refractivity contribution in [1.82, 2.24) is 14.5 Å². The zero-order valence-electron chi connectivity index (χ0n) is 15.7. The molecule has 1 unspecified atom stereocenters. The van der Waals surface area contributed by atoms with Crippen LogP contribution in [0.25, 0.3) is 11.0 Å². The van der Waals surface area contributed by atoms with Gasteiger partial charge in [-0.3, -0.25) is 4.79 Å². The van der Waals surface area contributed by atoms with Crippen LogP contribution in [-0.4, -0.2) is 48.5 Å². The van der Waals surface area contributed by atoms with Gasteiger partial charge in [0.25, 0.3) is 5.91 Å². The molecule has 0 bridgehead atoms. The van der Waals surface area contributed by atoms with Crippen molar-refractivity contribution in [3.8, 4) is 0 Å². The van der Waals surface area contributed by atoms with Crippen molar-refractivity contribution in [1.29, 1.82) is 0 Å². The molecule has 0 saturated carbocycles. The van der Waals surface area contributed by atoms with E-state index in [0.717, 1.165) is 5.56 Å². The first-order valence-electron chi connectivity index (χ1n) is 9.05. The van der Waals surface area contributed by atoms with E-state index in [-0.39, 0.29) is 5.82 Å². The number of hydrogen-bond donors (Lipinski definition) is 5. The van der Waals surface area contributed by atoms with Gasteiger partial charge in [0.05, 0.1) is 5.39 Å². The molecule has 1 aliphatic heterocycles. The van der Waals surface area contributed by atoms with E-state index in [2.05, 4.69) is 15.3 Å². The van der Waals surface area contributed by atoms with Crippen molar-refractivity contribution in [2.45, 2.75) is 37.5 Å². The van der Waals surface area contributed by atoms with E-state index in [9.17, 15) is 15.0 Å². The molecule has 152 valence electrons. The molecule has 29 heavy (non-hydrogen) atoms. The van der Waals surface area contributed by atoms with Gasteiger partial charge in [-0.25, -0.2) is 9.97 Å². The van der Waals surface area contributed by atoms with E-state index >= 15 is 0 Å². The number of aromatic nitrogens is 3. The first-order valence-corrected chi connectivity index (χ1v) is 9.05. The third-order valence-electron chi connectivity index (χ3n) is 5.16. The SMILES string of the molecule is C[C@@]1(O)[C@@H](C(=O)Nc2cccc(CN)c2)OC(n2ccc3c(N)ncnc32)[C@@H]1O. The summed E-state index contributed by atoms with van der Waals surface area (Å²) in [6.45, 7) is 1.68. The molecule has 10 nitrogen and oxygen atoms in total. The van der Waals surface area contributed by atoms with Crippen molar-refractivity contribution in [2.75, 3.05) is 11.1 Å². The summed E-state index contributed by atoms with van der Waals surface area (Å²) in [6.07, 6.45) is -0.837. The van der Waals surface area contributed by atoms with Crippen LogP contribution < -0.4 is 16.8 Å². The number of fused-ring (bicyclic) bond motifs is 1. The molecule has 1 saturated heterocycles. The number of anilines is 2. The topological polar surface area (TPSA) is 162 Å². The average molecular weight is 398 g/mol. The van der Waals surface area contributed by atoms with Crippen LogP contribution in [-0.2, 0) is 16.1 Å². The summed E-state index contributed by atoms with van der Waals surface area (Å²) in [6, 6.07) is 8.71. The van der Waals surface area contributed by atoms with Crippen LogP contribution >= 0.6 is 0 Å². The van der Waals surface area contributed by atoms with Gasteiger partial charge in [0.1, 0.15) is 29.5 Å². The monoisotopic (exact) mass is 398 g/mol. The van der Waals surface area contributed by atoms with E-state index in [4.69, 9.17) is 16.2 Å². The largest absolute Gasteiger partial charge is 0.385 e. The lowest BCUT2D eigenvalue weighted by molar-refractivity contribution is -0.137. The highest BCUT2D eigenvalue weighted by atomic mass is 16.6. The number of aliphatic hydroxyl groups excluding tert-OH is 1. The van der Waals surface area contributed by atoms with Gasteiger partial charge in [0, 0.05) is 18.4 Å². The molecular weight excluding hydrogens is 376 g/mol. The summed E-state index contributed by atoms with van der Waals surface area (Å²) < 4.78 is 7.32. The molecule has 7 N–H and O–H groups in total. The number of carbonyl (C=O) groups excluding carboxylic acids is 1. The van der Waals surface area contributed by atoms with Crippen LogP contribution in [0.5, 0.6) is 0 Å². The number of rotatable bonds is 4. The standard InChI is InChI=1S/C19H22N6O4/c1-19(28)13(26)18(25-6-5-12-15(21)22-9-23-16(12)25)29-14(19)17(27)24-11-4-2-3-10(7-11)8-20/h2-7,9,13-14,18,26,28H,8,20H2,1H3,(H,24,27)(H2,21,22,23)/t13-,14+,18?,19-/m0/s1. The third-order valence-corrected chi connectivity index (χ3v) is 5.16. The summed E-state index contributed by atoms with van der Waals surface area (Å²) in [5, 5.41) is 24.8. The van der Waals surface area contributed by atoms with Crippen LogP contribution in [0.3, 0.4) is 0 Å². The first kappa shape index (κ1) is 19.3. The number of nitrogen functional groups attached to an aromatic ring is 1. The van der Waals surface area contributed by atoms with Crippen molar-refractivity contribution in [3.05, 3.63) is 48.4 Å². The van der Waals surface area contributed by atoms with Gasteiger partial charge >= 0.3 is 0 Å². The van der Waals surface area contributed by atoms with Gasteiger partial charge in [-0.2, -0.15) is 0 Å². The summed E-state index contributed by atoms with van der Waals surface area (Å²) in [4.78, 5) is 20.9. The summed E-state index contributed by atoms with van der Waals surface area (Å²) in [7, 11) is 0. The molecule has 1 aromatic carbocycles. The van der Waals surface area contributed by atoms with Crippen LogP contribution in [0.15, 0.2) is 42.9 Å². The number of hydrogen-bond acceptors (Lipinski definition) is 8. The minimum atomic E-state index is -1.84. The van der Waals surface area contributed by atoms with Crippen molar-refractivity contribution >= 4 is 28.4 Å². The Morgan fingerprint density at radius 1 is 1.38 bits per heavy atom. The van der Waals surface area contributed by atoms with Crippen LogP contribution in [0, 0.1) is 0 Å². The Morgan fingerprint density at radius 2 is 2.17 bits per heavy atom. The molecule has 3 heterocycles. The Labute approximate surface area is 166 Å². The highest BCUT2D eigenvalue weighted by Crippen LogP contribution is 2.39. The quantitative estimate of drug-likeness (QED) is 0.414. The molecular formula is C19H22N6O4. The molecule has 0 spiro atoms. The maximum absolute atomic E-state index is 12.8. The van der Waals surface area contributed by atoms with Gasteiger partial charge in [0.2, 0.25) is 0 Å². The molecule has 1 fully saturated rings. The van der Waals surface area contributed by atoms with E-state index in [0.29, 0.717) is 23.3 Å². The average Bonchev–Trinajstić information content (AvgIpc) is 3.22. The van der Waals surface area contributed by atoms with Crippen molar-refractivity contribution in [2.24, 2.45) is 5.73 Å². The maximum Gasteiger partial charge on any atom is 0.256 e. The Hall–Kier alpha value is -3.05. The highest BCUT2D eigenvalue weighted by Gasteiger charge is 2.56. The van der Waals surface area contributed by atoms with Crippen molar-refractivity contribution in [3.63, 3.8) is 0 Å². The fraction of sp³-hybridized carbons (Fsp3) is 0.316. The summed E-state index contributed by atoms with van der Waals surface area (Å²) in [5.41, 5.74) is 11.4. The van der Waals surface area contributed by atoms with E-state index in [1.54, 1.807) is 30.5 Å². The maximum atomic E-state index is 12.8. The predicted octanol–water partition coefficient (Wildman–Crippen LogP) is 0.120. The second kappa shape index (κ2) is 7.08. The molecule has 3 aromatic rings. The summed E-state index contributed by atoms with van der Waals surface area (Å²) >= 11 is 0. The third kappa shape index (κ3) is 3.21. The minimum Gasteiger partial charge on any atom is -0.385 e. The smallest absolute Gasteiger partial charge is 0.256 e. The zero-order chi connectivity index (χ0) is 20.8. The fourth-order valence-electron chi connectivity index (χ4n) is 3.52. The summed E-state index contributed by atoms with van der Waals surface area (Å²) in [5.74, 6) is -0.307. The van der Waals surface area contributed by atoms with Gasteiger partial charge in [-0.05, 0) is 30.7 Å². The number of carbonyl (C=O) groups is 1. The molecule has 10 heteroatoms. The van der Waals surface area contributed by atoms with Gasteiger partial charge in [-0.1, -0.05) is 12.1 Å². The first-order chi connectivity index (χ1) is 13.8. The normalized spacial score (nSPS) is 26.7. The Balaban J connectivity index is 1.62. The molecule has 1 amide bonds. The van der Waals surface area contributed by atoms with Crippen LogP contribution in [0.2, 0.25) is 0 Å². The Kier molecular flexibility index (Phi) is 4.71. The number of nitrogens with two attached hydrogens (primary N) is 2. The molecule has 0 radical (unpaired) electrons. The lowest BCUT2D eigenvalue weighted by Gasteiger charge is -2.25. The Bertz CT molecular complexity index is 1070. The van der Waals surface area contributed by atoms with Crippen molar-refractivity contribution < 1.29 is 19.7 Å². The molecule has 4 rings (SSSR count). The number of benzene rings is 1. The second-order valence-electron chi connectivity index (χ2n) is 7.19.